The molecule has 0 aliphatic carbocycles. The lowest BCUT2D eigenvalue weighted by Crippen LogP contribution is -1.86. The molecule has 0 aliphatic rings. The highest BCUT2D eigenvalue weighted by atomic mass is 35.5. The first-order chi connectivity index (χ1) is 5.54. The highest BCUT2D eigenvalue weighted by molar-refractivity contribution is 6.43. The van der Waals surface area contributed by atoms with Crippen LogP contribution in [0, 0.1) is 0 Å². The second kappa shape index (κ2) is 3.46. The Morgan fingerprint density at radius 2 is 1.75 bits per heavy atom. The van der Waals surface area contributed by atoms with Crippen molar-refractivity contribution < 1.29 is 13.9 Å². The van der Waals surface area contributed by atoms with Crippen LogP contribution in [0.15, 0.2) is 12.1 Å². The summed E-state index contributed by atoms with van der Waals surface area (Å²) in [4.78, 5) is 0. The van der Waals surface area contributed by atoms with Crippen LogP contribution in [0.25, 0.3) is 0 Å². The van der Waals surface area contributed by atoms with Gasteiger partial charge in [0.05, 0.1) is 5.02 Å². The van der Waals surface area contributed by atoms with Gasteiger partial charge in [-0.25, -0.2) is 8.78 Å². The van der Waals surface area contributed by atoms with E-state index < -0.39 is 6.43 Å². The SMILES string of the molecule is Oc1ccc(C(F)F)c(Cl)c1Cl. The number of phenols is 1. The number of hydrogen-bond acceptors (Lipinski definition) is 1. The Morgan fingerprint density at radius 3 is 2.25 bits per heavy atom. The van der Waals surface area contributed by atoms with Crippen molar-refractivity contribution in [2.45, 2.75) is 6.43 Å². The van der Waals surface area contributed by atoms with Gasteiger partial charge in [0.2, 0.25) is 0 Å². The fourth-order valence-corrected chi connectivity index (χ4v) is 1.14. The normalized spacial score (nSPS) is 10.8. The minimum absolute atomic E-state index is 0.241. The quantitative estimate of drug-likeness (QED) is 0.754. The van der Waals surface area contributed by atoms with E-state index in [1.54, 1.807) is 0 Å². The smallest absolute Gasteiger partial charge is 0.265 e. The van der Waals surface area contributed by atoms with Crippen LogP contribution in [-0.4, -0.2) is 5.11 Å². The third-order valence-corrected chi connectivity index (χ3v) is 2.21. The van der Waals surface area contributed by atoms with Gasteiger partial charge in [-0.15, -0.1) is 0 Å². The van der Waals surface area contributed by atoms with Crippen LogP contribution in [0.4, 0.5) is 8.78 Å². The van der Waals surface area contributed by atoms with Crippen LogP contribution in [0.3, 0.4) is 0 Å². The van der Waals surface area contributed by atoms with E-state index in [0.717, 1.165) is 12.1 Å². The van der Waals surface area contributed by atoms with Crippen LogP contribution in [0.1, 0.15) is 12.0 Å². The maximum Gasteiger partial charge on any atom is 0.265 e. The Bertz CT molecular complexity index is 302. The molecule has 0 aliphatic heterocycles. The average molecular weight is 213 g/mol. The molecule has 1 aromatic carbocycles. The summed E-state index contributed by atoms with van der Waals surface area (Å²) in [6.45, 7) is 0. The number of benzene rings is 1. The van der Waals surface area contributed by atoms with Crippen molar-refractivity contribution in [3.05, 3.63) is 27.7 Å². The first-order valence-electron chi connectivity index (χ1n) is 2.99. The van der Waals surface area contributed by atoms with Crippen molar-refractivity contribution in [2.24, 2.45) is 0 Å². The van der Waals surface area contributed by atoms with E-state index in [0.29, 0.717) is 0 Å². The highest BCUT2D eigenvalue weighted by Crippen LogP contribution is 2.37. The summed E-state index contributed by atoms with van der Waals surface area (Å²) in [6, 6.07) is 2.12. The van der Waals surface area contributed by atoms with Gasteiger partial charge in [-0.1, -0.05) is 23.2 Å². The second-order valence-electron chi connectivity index (χ2n) is 2.10. The molecule has 1 N–H and O–H groups in total. The number of halogens is 4. The molecule has 1 aromatic rings. The standard InChI is InChI=1S/C7H4Cl2F2O/c8-5-3(7(10)11)1-2-4(12)6(5)9/h1-2,7,12H. The first kappa shape index (κ1) is 9.55. The lowest BCUT2D eigenvalue weighted by Gasteiger charge is -2.05. The van der Waals surface area contributed by atoms with E-state index >= 15 is 0 Å². The van der Waals surface area contributed by atoms with Crippen molar-refractivity contribution in [3.8, 4) is 5.75 Å². The van der Waals surface area contributed by atoms with E-state index in [4.69, 9.17) is 28.3 Å². The van der Waals surface area contributed by atoms with Crippen LogP contribution in [0.2, 0.25) is 10.0 Å². The Labute approximate surface area is 77.5 Å². The Hall–Kier alpha value is -0.540. The zero-order valence-corrected chi connectivity index (χ0v) is 7.20. The van der Waals surface area contributed by atoms with Crippen molar-refractivity contribution in [3.63, 3.8) is 0 Å². The van der Waals surface area contributed by atoms with Gasteiger partial charge >= 0.3 is 0 Å². The van der Waals surface area contributed by atoms with Gasteiger partial charge < -0.3 is 5.11 Å². The molecule has 0 heterocycles. The number of rotatable bonds is 1. The van der Waals surface area contributed by atoms with Gasteiger partial charge in [0.1, 0.15) is 10.8 Å². The largest absolute Gasteiger partial charge is 0.506 e. The zero-order valence-electron chi connectivity index (χ0n) is 5.69. The Balaban J connectivity index is 3.27. The summed E-state index contributed by atoms with van der Waals surface area (Å²) in [5.74, 6) is -0.300. The van der Waals surface area contributed by atoms with Gasteiger partial charge in [0, 0.05) is 5.56 Å². The summed E-state index contributed by atoms with van der Waals surface area (Å²) in [5.41, 5.74) is -0.375. The number of hydrogen-bond donors (Lipinski definition) is 1. The molecule has 0 aromatic heterocycles. The molecule has 0 fully saturated rings. The molecule has 5 heteroatoms. The maximum atomic E-state index is 12.1. The topological polar surface area (TPSA) is 20.2 Å². The predicted octanol–water partition coefficient (Wildman–Crippen LogP) is 3.64. The molecule has 66 valence electrons. The third-order valence-electron chi connectivity index (χ3n) is 1.33. The molecule has 0 unspecified atom stereocenters. The monoisotopic (exact) mass is 212 g/mol. The van der Waals surface area contributed by atoms with Crippen molar-refractivity contribution in [1.82, 2.24) is 0 Å². The van der Waals surface area contributed by atoms with E-state index in [-0.39, 0.29) is 21.4 Å². The number of phenolic OH excluding ortho intramolecular Hbond substituents is 1. The van der Waals surface area contributed by atoms with E-state index in [1.807, 2.05) is 0 Å². The van der Waals surface area contributed by atoms with Gasteiger partial charge in [-0.2, -0.15) is 0 Å². The fourth-order valence-electron chi connectivity index (χ4n) is 0.723. The molecule has 0 atom stereocenters. The third kappa shape index (κ3) is 1.62. The molecule has 0 radical (unpaired) electrons. The van der Waals surface area contributed by atoms with Gasteiger partial charge in [0.15, 0.2) is 0 Å². The number of aromatic hydroxyl groups is 1. The Morgan fingerprint density at radius 1 is 1.17 bits per heavy atom. The lowest BCUT2D eigenvalue weighted by molar-refractivity contribution is 0.151. The van der Waals surface area contributed by atoms with E-state index in [1.165, 1.54) is 0 Å². The van der Waals surface area contributed by atoms with Crippen molar-refractivity contribution in [2.75, 3.05) is 0 Å². The van der Waals surface area contributed by atoms with Crippen LogP contribution >= 0.6 is 23.2 Å². The minimum Gasteiger partial charge on any atom is -0.506 e. The molecule has 12 heavy (non-hydrogen) atoms. The summed E-state index contributed by atoms with van der Waals surface area (Å²) in [6.07, 6.45) is -2.68. The van der Waals surface area contributed by atoms with Crippen LogP contribution < -0.4 is 0 Å². The molecule has 0 spiro atoms. The molecule has 1 nitrogen and oxygen atoms in total. The summed E-state index contributed by atoms with van der Waals surface area (Å²) in [5, 5.41) is 8.40. The second-order valence-corrected chi connectivity index (χ2v) is 2.86. The van der Waals surface area contributed by atoms with Crippen LogP contribution in [0.5, 0.6) is 5.75 Å². The van der Waals surface area contributed by atoms with E-state index in [9.17, 15) is 8.78 Å². The van der Waals surface area contributed by atoms with Gasteiger partial charge in [0.25, 0.3) is 6.43 Å². The maximum absolute atomic E-state index is 12.1. The van der Waals surface area contributed by atoms with Gasteiger partial charge in [-0.3, -0.25) is 0 Å². The molecule has 0 bridgehead atoms. The Kier molecular flexibility index (Phi) is 2.75. The first-order valence-corrected chi connectivity index (χ1v) is 3.74. The lowest BCUT2D eigenvalue weighted by atomic mass is 10.2. The van der Waals surface area contributed by atoms with Crippen molar-refractivity contribution in [1.29, 1.82) is 0 Å². The summed E-state index contributed by atoms with van der Waals surface area (Å²) >= 11 is 10.8. The molecule has 0 saturated heterocycles. The zero-order chi connectivity index (χ0) is 9.30. The number of alkyl halides is 2. The van der Waals surface area contributed by atoms with Gasteiger partial charge in [-0.05, 0) is 12.1 Å². The molecular weight excluding hydrogens is 209 g/mol. The van der Waals surface area contributed by atoms with E-state index in [2.05, 4.69) is 0 Å². The molecule has 0 amide bonds. The highest BCUT2D eigenvalue weighted by Gasteiger charge is 2.16. The predicted molar refractivity (Wildman–Crippen MR) is 43.1 cm³/mol. The van der Waals surface area contributed by atoms with Crippen molar-refractivity contribution >= 4 is 23.2 Å². The summed E-state index contributed by atoms with van der Waals surface area (Å²) in [7, 11) is 0. The van der Waals surface area contributed by atoms with Crippen LogP contribution in [-0.2, 0) is 0 Å². The molecular formula is C7H4Cl2F2O. The summed E-state index contributed by atoms with van der Waals surface area (Å²) < 4.78 is 24.2. The molecule has 1 rings (SSSR count). The molecule has 0 saturated carbocycles. The minimum atomic E-state index is -2.68. The fraction of sp³-hybridized carbons (Fsp3) is 0.143. The average Bonchev–Trinajstić information content (AvgIpc) is 2.00.